The summed E-state index contributed by atoms with van der Waals surface area (Å²) in [5, 5.41) is 14.1. The van der Waals surface area contributed by atoms with Crippen molar-refractivity contribution in [2.75, 3.05) is 0 Å². The van der Waals surface area contributed by atoms with Crippen LogP contribution in [0.2, 0.25) is 0 Å². The predicted octanol–water partition coefficient (Wildman–Crippen LogP) is 14.4. The number of nitrogens with zero attached hydrogens (tertiary/aromatic N) is 4. The zero-order valence-electron chi connectivity index (χ0n) is 34.8. The third-order valence-electron chi connectivity index (χ3n) is 11.8. The van der Waals surface area contributed by atoms with Gasteiger partial charge in [-0.05, 0) is 95.5 Å². The lowest BCUT2D eigenvalue weighted by Crippen LogP contribution is -2.16. The minimum absolute atomic E-state index is 0.273. The van der Waals surface area contributed by atoms with Gasteiger partial charge in [0.15, 0.2) is 0 Å². The van der Waals surface area contributed by atoms with Crippen molar-refractivity contribution < 1.29 is 9.15 Å². The molecule has 3 aromatic heterocycles. The molecule has 10 aromatic rings. The number of para-hydroxylation sites is 4. The molecule has 3 heterocycles. The molecule has 6 heteroatoms. The van der Waals surface area contributed by atoms with E-state index in [1.807, 2.05) is 24.3 Å². The topological polar surface area (TPSA) is 58.0 Å². The monoisotopic (exact) mass is 784 g/mol. The Bertz CT molecular complexity index is 2920. The van der Waals surface area contributed by atoms with Crippen LogP contribution < -0.4 is 4.74 Å². The largest absolute Gasteiger partial charge is 0.489 e. The molecule has 0 N–H and O–H groups in total. The first-order valence-electron chi connectivity index (χ1n) is 21.0. The number of benzene rings is 7. The molecule has 7 aromatic carbocycles. The van der Waals surface area contributed by atoms with Gasteiger partial charge in [0, 0.05) is 44.0 Å². The SMILES string of the molecule is CC(C)C(CC(C)(C)C)c1ccc(COc2cccc(-c3nnc(-c4cc(-n5c6ccccc6c6ccccc65)cc(-n5c6ccccc6c6ccccc65)c4)o3)c2)cc1. The van der Waals surface area contributed by atoms with Crippen LogP contribution in [0.5, 0.6) is 5.75 Å². The molecule has 0 aliphatic carbocycles. The highest BCUT2D eigenvalue weighted by molar-refractivity contribution is 6.10. The summed E-state index contributed by atoms with van der Waals surface area (Å²) < 4.78 is 17.6. The van der Waals surface area contributed by atoms with Crippen LogP contribution in [0.25, 0.3) is 77.9 Å². The van der Waals surface area contributed by atoms with E-state index in [2.05, 4.69) is 193 Å². The summed E-state index contributed by atoms with van der Waals surface area (Å²) in [6, 6.07) is 57.8. The van der Waals surface area contributed by atoms with Crippen LogP contribution in [0.1, 0.15) is 58.1 Å². The lowest BCUT2D eigenvalue weighted by molar-refractivity contribution is 0.299. The van der Waals surface area contributed by atoms with Gasteiger partial charge in [0.05, 0.1) is 22.1 Å². The van der Waals surface area contributed by atoms with E-state index in [1.165, 1.54) is 27.1 Å². The summed E-state index contributed by atoms with van der Waals surface area (Å²) in [5.41, 5.74) is 10.9. The minimum atomic E-state index is 0.273. The molecule has 1 atom stereocenters. The maximum atomic E-state index is 6.56. The van der Waals surface area contributed by atoms with E-state index in [9.17, 15) is 0 Å². The molecule has 0 amide bonds. The van der Waals surface area contributed by atoms with E-state index in [-0.39, 0.29) is 5.41 Å². The Morgan fingerprint density at radius 3 is 1.50 bits per heavy atom. The second kappa shape index (κ2) is 15.0. The van der Waals surface area contributed by atoms with E-state index < -0.39 is 0 Å². The van der Waals surface area contributed by atoms with Gasteiger partial charge in [-0.1, -0.05) is 138 Å². The Morgan fingerprint density at radius 1 is 0.533 bits per heavy atom. The lowest BCUT2D eigenvalue weighted by atomic mass is 9.76. The third kappa shape index (κ3) is 6.92. The number of rotatable bonds is 10. The smallest absolute Gasteiger partial charge is 0.248 e. The van der Waals surface area contributed by atoms with Crippen molar-refractivity contribution in [1.29, 1.82) is 0 Å². The second-order valence-electron chi connectivity index (χ2n) is 17.6. The van der Waals surface area contributed by atoms with Crippen LogP contribution in [0.3, 0.4) is 0 Å². The molecule has 0 saturated carbocycles. The van der Waals surface area contributed by atoms with Gasteiger partial charge in [0.1, 0.15) is 12.4 Å². The van der Waals surface area contributed by atoms with Crippen LogP contribution in [0.15, 0.2) is 168 Å². The Kier molecular flexibility index (Phi) is 9.36. The van der Waals surface area contributed by atoms with Crippen molar-refractivity contribution in [3.05, 3.63) is 175 Å². The molecule has 0 spiro atoms. The molecule has 6 nitrogen and oxygen atoms in total. The van der Waals surface area contributed by atoms with E-state index in [1.54, 1.807) is 0 Å². The number of aromatic nitrogens is 4. The van der Waals surface area contributed by atoms with Crippen molar-refractivity contribution in [3.8, 4) is 40.0 Å². The summed E-state index contributed by atoms with van der Waals surface area (Å²) in [6.45, 7) is 12.1. The Morgan fingerprint density at radius 2 is 1.02 bits per heavy atom. The van der Waals surface area contributed by atoms with Crippen molar-refractivity contribution >= 4 is 43.6 Å². The fourth-order valence-electron chi connectivity index (χ4n) is 8.98. The van der Waals surface area contributed by atoms with Crippen LogP contribution in [-0.4, -0.2) is 19.3 Å². The zero-order valence-corrected chi connectivity index (χ0v) is 34.8. The standard InChI is InChI=1S/C54H48N4O2/c1-35(2)47(33-54(3,4)5)37-27-25-36(26-28-37)34-59-42-16-14-15-38(31-42)52-55-56-53(60-52)39-29-40(57-48-21-10-6-17-43(48)44-18-7-11-22-49(44)57)32-41(30-39)58-50-23-12-8-19-45(50)46-20-9-13-24-51(46)58/h6-32,35,47H,33-34H2,1-5H3. The lowest BCUT2D eigenvalue weighted by Gasteiger charge is -2.29. The van der Waals surface area contributed by atoms with E-state index in [0.29, 0.717) is 30.2 Å². The normalized spacial score (nSPS) is 12.6. The Labute approximate surface area is 350 Å². The van der Waals surface area contributed by atoms with Gasteiger partial charge < -0.3 is 18.3 Å². The van der Waals surface area contributed by atoms with Crippen LogP contribution >= 0.6 is 0 Å². The molecule has 0 bridgehead atoms. The molecule has 0 aliphatic heterocycles. The average Bonchev–Trinajstić information content (AvgIpc) is 3.98. The molecular formula is C54H48N4O2. The van der Waals surface area contributed by atoms with Crippen molar-refractivity contribution in [1.82, 2.24) is 19.3 Å². The number of fused-ring (bicyclic) bond motifs is 6. The van der Waals surface area contributed by atoms with E-state index in [0.717, 1.165) is 62.3 Å². The summed E-state index contributed by atoms with van der Waals surface area (Å²) in [7, 11) is 0. The average molecular weight is 785 g/mol. The molecule has 1 unspecified atom stereocenters. The van der Waals surface area contributed by atoms with Gasteiger partial charge in [0.2, 0.25) is 11.8 Å². The highest BCUT2D eigenvalue weighted by Gasteiger charge is 2.23. The van der Waals surface area contributed by atoms with Crippen molar-refractivity contribution in [3.63, 3.8) is 0 Å². The van der Waals surface area contributed by atoms with Crippen LogP contribution in [-0.2, 0) is 6.61 Å². The molecule has 60 heavy (non-hydrogen) atoms. The summed E-state index contributed by atoms with van der Waals surface area (Å²) >= 11 is 0. The molecular weight excluding hydrogens is 737 g/mol. The van der Waals surface area contributed by atoms with Crippen LogP contribution in [0, 0.1) is 11.3 Å². The molecule has 0 fully saturated rings. The number of hydrogen-bond acceptors (Lipinski definition) is 4. The van der Waals surface area contributed by atoms with Crippen molar-refractivity contribution in [2.24, 2.45) is 11.3 Å². The van der Waals surface area contributed by atoms with Crippen LogP contribution in [0.4, 0.5) is 0 Å². The number of ether oxygens (including phenoxy) is 1. The third-order valence-corrected chi connectivity index (χ3v) is 11.8. The highest BCUT2D eigenvalue weighted by Crippen LogP contribution is 2.39. The first kappa shape index (κ1) is 37.4. The van der Waals surface area contributed by atoms with Gasteiger partial charge in [-0.2, -0.15) is 0 Å². The summed E-state index contributed by atoms with van der Waals surface area (Å²) in [5.74, 6) is 2.70. The summed E-state index contributed by atoms with van der Waals surface area (Å²) in [4.78, 5) is 0. The Balaban J connectivity index is 1.01. The number of hydrogen-bond donors (Lipinski definition) is 0. The molecule has 0 saturated heterocycles. The quantitative estimate of drug-likeness (QED) is 0.139. The first-order chi connectivity index (χ1) is 29.2. The highest BCUT2D eigenvalue weighted by atomic mass is 16.5. The van der Waals surface area contributed by atoms with E-state index >= 15 is 0 Å². The first-order valence-corrected chi connectivity index (χ1v) is 21.0. The van der Waals surface area contributed by atoms with Gasteiger partial charge >= 0.3 is 0 Å². The molecule has 296 valence electrons. The van der Waals surface area contributed by atoms with E-state index in [4.69, 9.17) is 9.15 Å². The molecule has 0 radical (unpaired) electrons. The fourth-order valence-corrected chi connectivity index (χ4v) is 8.98. The molecule has 10 rings (SSSR count). The van der Waals surface area contributed by atoms with Crippen molar-refractivity contribution in [2.45, 2.75) is 53.6 Å². The fraction of sp³-hybridized carbons (Fsp3) is 0.185. The maximum absolute atomic E-state index is 6.56. The summed E-state index contributed by atoms with van der Waals surface area (Å²) in [6.07, 6.45) is 1.15. The zero-order chi connectivity index (χ0) is 41.0. The predicted molar refractivity (Wildman–Crippen MR) is 246 cm³/mol. The van der Waals surface area contributed by atoms with Gasteiger partial charge in [-0.3, -0.25) is 0 Å². The Hall–Kier alpha value is -6.92. The maximum Gasteiger partial charge on any atom is 0.248 e. The minimum Gasteiger partial charge on any atom is -0.489 e. The molecule has 0 aliphatic rings. The van der Waals surface area contributed by atoms with Gasteiger partial charge in [-0.15, -0.1) is 10.2 Å². The van der Waals surface area contributed by atoms with Gasteiger partial charge in [-0.25, -0.2) is 0 Å². The second-order valence-corrected chi connectivity index (χ2v) is 17.6. The van der Waals surface area contributed by atoms with Gasteiger partial charge in [0.25, 0.3) is 0 Å².